The van der Waals surface area contributed by atoms with E-state index < -0.39 is 0 Å². The molecule has 3 heteroatoms. The lowest BCUT2D eigenvalue weighted by Crippen LogP contribution is -2.12. The van der Waals surface area contributed by atoms with Crippen LogP contribution in [0.3, 0.4) is 0 Å². The first-order valence-corrected chi connectivity index (χ1v) is 6.28. The monoisotopic (exact) mass is 242 g/mol. The van der Waals surface area contributed by atoms with Crippen molar-refractivity contribution in [1.82, 2.24) is 9.97 Å². The van der Waals surface area contributed by atoms with Gasteiger partial charge in [0.25, 0.3) is 0 Å². The Morgan fingerprint density at radius 1 is 1.28 bits per heavy atom. The van der Waals surface area contributed by atoms with Crippen LogP contribution in [0.25, 0.3) is 11.3 Å². The average molecular weight is 242 g/mol. The number of rotatable bonds is 0. The Kier molecular flexibility index (Phi) is 2.27. The molecular weight excluding hydrogens is 224 g/mol. The van der Waals surface area contributed by atoms with Crippen LogP contribution in [-0.4, -0.2) is 9.97 Å². The van der Waals surface area contributed by atoms with Gasteiger partial charge in [0.2, 0.25) is 0 Å². The van der Waals surface area contributed by atoms with Crippen molar-refractivity contribution in [2.24, 2.45) is 0 Å². The van der Waals surface area contributed by atoms with Crippen molar-refractivity contribution in [3.63, 3.8) is 0 Å². The number of ether oxygens (including phenoxy) is 1. The van der Waals surface area contributed by atoms with E-state index in [2.05, 4.69) is 48.9 Å². The number of benzene rings is 1. The lowest BCUT2D eigenvalue weighted by molar-refractivity contribution is 0.297. The van der Waals surface area contributed by atoms with E-state index in [1.165, 1.54) is 5.56 Å². The second kappa shape index (κ2) is 3.61. The predicted octanol–water partition coefficient (Wildman–Crippen LogP) is 3.58. The zero-order valence-corrected chi connectivity index (χ0v) is 11.3. The van der Waals surface area contributed by atoms with E-state index in [9.17, 15) is 0 Å². The summed E-state index contributed by atoms with van der Waals surface area (Å²) in [5.74, 6) is 1.89. The molecule has 0 aliphatic carbocycles. The van der Waals surface area contributed by atoms with Crippen LogP contribution in [0.2, 0.25) is 0 Å². The Labute approximate surface area is 107 Å². The molecule has 0 amide bonds. The molecule has 1 N–H and O–H groups in total. The third-order valence-corrected chi connectivity index (χ3v) is 3.37. The first-order valence-electron chi connectivity index (χ1n) is 6.28. The molecule has 0 fully saturated rings. The van der Waals surface area contributed by atoms with Gasteiger partial charge in [-0.2, -0.15) is 0 Å². The molecular formula is C15H18N2O. The van der Waals surface area contributed by atoms with Crippen molar-refractivity contribution in [1.29, 1.82) is 0 Å². The van der Waals surface area contributed by atoms with E-state index in [4.69, 9.17) is 4.74 Å². The number of aryl methyl sites for hydroxylation is 1. The number of nitrogens with one attached hydrogen (secondary N) is 1. The van der Waals surface area contributed by atoms with Gasteiger partial charge in [-0.3, -0.25) is 0 Å². The number of hydrogen-bond donors (Lipinski definition) is 1. The van der Waals surface area contributed by atoms with E-state index in [1.54, 1.807) is 0 Å². The molecule has 0 atom stereocenters. The molecule has 0 saturated carbocycles. The van der Waals surface area contributed by atoms with Crippen molar-refractivity contribution >= 4 is 0 Å². The van der Waals surface area contributed by atoms with Crippen LogP contribution >= 0.6 is 0 Å². The maximum absolute atomic E-state index is 5.83. The minimum absolute atomic E-state index is 0.139. The van der Waals surface area contributed by atoms with Crippen LogP contribution in [0.4, 0.5) is 0 Å². The summed E-state index contributed by atoms with van der Waals surface area (Å²) >= 11 is 0. The van der Waals surface area contributed by atoms with Crippen LogP contribution < -0.4 is 4.74 Å². The summed E-state index contributed by atoms with van der Waals surface area (Å²) < 4.78 is 5.83. The number of nitrogens with zero attached hydrogens (tertiary/aromatic N) is 1. The van der Waals surface area contributed by atoms with E-state index in [0.717, 1.165) is 28.5 Å². The average Bonchev–Trinajstić information content (AvgIpc) is 2.68. The normalized spacial score (nSPS) is 13.8. The van der Waals surface area contributed by atoms with Crippen LogP contribution in [0.5, 0.6) is 5.75 Å². The molecule has 0 bridgehead atoms. The smallest absolute Gasteiger partial charge is 0.130 e. The Morgan fingerprint density at radius 2 is 2.06 bits per heavy atom. The van der Waals surface area contributed by atoms with Gasteiger partial charge in [0.15, 0.2) is 0 Å². The summed E-state index contributed by atoms with van der Waals surface area (Å²) in [6.07, 6.45) is 0. The molecule has 2 aromatic rings. The fourth-order valence-corrected chi connectivity index (χ4v) is 2.32. The number of aromatic nitrogens is 2. The molecule has 1 aliphatic heterocycles. The van der Waals surface area contributed by atoms with Gasteiger partial charge in [0.1, 0.15) is 18.2 Å². The SMILES string of the molecule is Cc1nc2c([nH]1)COc1cc(C(C)(C)C)ccc1-2. The summed E-state index contributed by atoms with van der Waals surface area (Å²) in [4.78, 5) is 7.79. The second-order valence-electron chi connectivity index (χ2n) is 5.90. The van der Waals surface area contributed by atoms with Crippen LogP contribution in [0.1, 0.15) is 37.9 Å². The fraction of sp³-hybridized carbons (Fsp3) is 0.400. The lowest BCUT2D eigenvalue weighted by atomic mass is 9.86. The Morgan fingerprint density at radius 3 is 2.78 bits per heavy atom. The molecule has 1 aliphatic rings. The highest BCUT2D eigenvalue weighted by molar-refractivity contribution is 5.71. The number of fused-ring (bicyclic) bond motifs is 3. The summed E-state index contributed by atoms with van der Waals surface area (Å²) in [7, 11) is 0. The summed E-state index contributed by atoms with van der Waals surface area (Å²) in [6, 6.07) is 6.43. The quantitative estimate of drug-likeness (QED) is 0.766. The third kappa shape index (κ3) is 1.70. The molecule has 3 nitrogen and oxygen atoms in total. The van der Waals surface area contributed by atoms with Crippen molar-refractivity contribution in [3.8, 4) is 17.0 Å². The second-order valence-corrected chi connectivity index (χ2v) is 5.90. The van der Waals surface area contributed by atoms with Crippen molar-refractivity contribution in [2.45, 2.75) is 39.7 Å². The van der Waals surface area contributed by atoms with E-state index in [-0.39, 0.29) is 5.41 Å². The minimum Gasteiger partial charge on any atom is -0.487 e. The summed E-state index contributed by atoms with van der Waals surface area (Å²) in [5, 5.41) is 0. The summed E-state index contributed by atoms with van der Waals surface area (Å²) in [5.41, 5.74) is 4.63. The molecule has 2 heterocycles. The van der Waals surface area contributed by atoms with Gasteiger partial charge in [-0.15, -0.1) is 0 Å². The fourth-order valence-electron chi connectivity index (χ4n) is 2.32. The van der Waals surface area contributed by atoms with Gasteiger partial charge >= 0.3 is 0 Å². The number of hydrogen-bond acceptors (Lipinski definition) is 2. The predicted molar refractivity (Wildman–Crippen MR) is 71.8 cm³/mol. The van der Waals surface area contributed by atoms with E-state index in [0.29, 0.717) is 6.61 Å². The van der Waals surface area contributed by atoms with Gasteiger partial charge in [-0.25, -0.2) is 4.98 Å². The summed E-state index contributed by atoms with van der Waals surface area (Å²) in [6.45, 7) is 9.18. The number of H-pyrrole nitrogens is 1. The number of aromatic amines is 1. The molecule has 3 rings (SSSR count). The molecule has 0 radical (unpaired) electrons. The highest BCUT2D eigenvalue weighted by Crippen LogP contribution is 2.38. The van der Waals surface area contributed by atoms with Crippen LogP contribution in [0, 0.1) is 6.92 Å². The Hall–Kier alpha value is -1.77. The molecule has 0 spiro atoms. The highest BCUT2D eigenvalue weighted by atomic mass is 16.5. The van der Waals surface area contributed by atoms with Gasteiger partial charge in [-0.05, 0) is 30.0 Å². The van der Waals surface area contributed by atoms with Crippen molar-refractivity contribution in [2.75, 3.05) is 0 Å². The molecule has 0 unspecified atom stereocenters. The molecule has 1 aromatic heterocycles. The number of imidazole rings is 1. The topological polar surface area (TPSA) is 37.9 Å². The zero-order valence-electron chi connectivity index (χ0n) is 11.3. The van der Waals surface area contributed by atoms with Crippen molar-refractivity contribution in [3.05, 3.63) is 35.3 Å². The Balaban J connectivity index is 2.14. The molecule has 94 valence electrons. The molecule has 1 aromatic carbocycles. The van der Waals surface area contributed by atoms with E-state index in [1.807, 2.05) is 6.92 Å². The largest absolute Gasteiger partial charge is 0.487 e. The first kappa shape index (κ1) is 11.3. The highest BCUT2D eigenvalue weighted by Gasteiger charge is 2.23. The zero-order chi connectivity index (χ0) is 12.9. The van der Waals surface area contributed by atoms with Crippen molar-refractivity contribution < 1.29 is 4.74 Å². The minimum atomic E-state index is 0.139. The van der Waals surface area contributed by atoms with E-state index >= 15 is 0 Å². The van der Waals surface area contributed by atoms with Gasteiger partial charge in [0, 0.05) is 5.56 Å². The maximum atomic E-state index is 5.83. The lowest BCUT2D eigenvalue weighted by Gasteiger charge is -2.23. The van der Waals surface area contributed by atoms with Crippen LogP contribution in [0.15, 0.2) is 18.2 Å². The standard InChI is InChI=1S/C15H18N2O/c1-9-16-12-8-18-13-7-10(15(2,3)4)5-6-11(13)14(12)17-9/h5-7H,8H2,1-4H3,(H,16,17). The maximum Gasteiger partial charge on any atom is 0.130 e. The Bertz CT molecular complexity index is 605. The van der Waals surface area contributed by atoms with Gasteiger partial charge in [-0.1, -0.05) is 26.8 Å². The van der Waals surface area contributed by atoms with Gasteiger partial charge < -0.3 is 9.72 Å². The first-order chi connectivity index (χ1) is 8.45. The van der Waals surface area contributed by atoms with Crippen LogP contribution in [-0.2, 0) is 12.0 Å². The molecule has 18 heavy (non-hydrogen) atoms. The third-order valence-electron chi connectivity index (χ3n) is 3.37. The molecule has 0 saturated heterocycles. The van der Waals surface area contributed by atoms with Gasteiger partial charge in [0.05, 0.1) is 11.4 Å².